The molecule has 0 saturated carbocycles. The van der Waals surface area contributed by atoms with Gasteiger partial charge in [-0.15, -0.1) is 0 Å². The summed E-state index contributed by atoms with van der Waals surface area (Å²) >= 11 is 5.70. The zero-order chi connectivity index (χ0) is 15.6. The second kappa shape index (κ2) is 5.85. The smallest absolute Gasteiger partial charge is 0.294 e. The minimum Gasteiger partial charge on any atom is -0.294 e. The Hall–Kier alpha value is -1.88. The molecule has 2 nitrogen and oxygen atoms in total. The SMILES string of the molecule is Cc1ccccc1CC(=O)c1ccc(C(F)(F)F)nc1Cl. The highest BCUT2D eigenvalue weighted by molar-refractivity contribution is 6.32. The third kappa shape index (κ3) is 3.61. The molecule has 0 aliphatic heterocycles. The molecule has 0 bridgehead atoms. The molecule has 0 saturated heterocycles. The van der Waals surface area contributed by atoms with Crippen LogP contribution < -0.4 is 0 Å². The van der Waals surface area contributed by atoms with Crippen LogP contribution in [0.4, 0.5) is 13.2 Å². The van der Waals surface area contributed by atoms with Crippen molar-refractivity contribution in [2.75, 3.05) is 0 Å². The number of carbonyl (C=O) groups excluding carboxylic acids is 1. The number of rotatable bonds is 3. The van der Waals surface area contributed by atoms with Crippen molar-refractivity contribution in [2.24, 2.45) is 0 Å². The topological polar surface area (TPSA) is 30.0 Å². The van der Waals surface area contributed by atoms with Crippen molar-refractivity contribution in [3.05, 3.63) is 63.9 Å². The van der Waals surface area contributed by atoms with Crippen molar-refractivity contribution in [1.29, 1.82) is 0 Å². The lowest BCUT2D eigenvalue weighted by Crippen LogP contribution is -2.11. The predicted molar refractivity (Wildman–Crippen MR) is 73.5 cm³/mol. The number of Topliss-reactive ketones (excluding diaryl/α,β-unsaturated/α-hetero) is 1. The van der Waals surface area contributed by atoms with E-state index in [2.05, 4.69) is 4.98 Å². The summed E-state index contributed by atoms with van der Waals surface area (Å²) < 4.78 is 37.5. The fourth-order valence-electron chi connectivity index (χ4n) is 1.88. The van der Waals surface area contributed by atoms with Gasteiger partial charge in [-0.1, -0.05) is 35.9 Å². The summed E-state index contributed by atoms with van der Waals surface area (Å²) in [4.78, 5) is 15.4. The predicted octanol–water partition coefficient (Wildman–Crippen LogP) is 4.49. The largest absolute Gasteiger partial charge is 0.433 e. The molecule has 0 amide bonds. The standard InChI is InChI=1S/C15H11ClF3NO/c1-9-4-2-3-5-10(9)8-12(21)11-6-7-13(15(17,18)19)20-14(11)16/h2-7H,8H2,1H3. The zero-order valence-electron chi connectivity index (χ0n) is 11.0. The Labute approximate surface area is 124 Å². The van der Waals surface area contributed by atoms with Gasteiger partial charge in [-0.05, 0) is 30.2 Å². The first-order valence-electron chi connectivity index (χ1n) is 6.10. The molecule has 0 aliphatic rings. The van der Waals surface area contributed by atoms with Gasteiger partial charge in [0.15, 0.2) is 5.78 Å². The monoisotopic (exact) mass is 313 g/mol. The zero-order valence-corrected chi connectivity index (χ0v) is 11.8. The van der Waals surface area contributed by atoms with Crippen molar-refractivity contribution >= 4 is 17.4 Å². The quantitative estimate of drug-likeness (QED) is 0.617. The maximum atomic E-state index is 12.5. The van der Waals surface area contributed by atoms with Crippen LogP contribution in [0.1, 0.15) is 27.2 Å². The molecule has 0 N–H and O–H groups in total. The summed E-state index contributed by atoms with van der Waals surface area (Å²) in [5.41, 5.74) is 0.619. The number of hydrogen-bond donors (Lipinski definition) is 0. The molecule has 0 radical (unpaired) electrons. The number of alkyl halides is 3. The van der Waals surface area contributed by atoms with E-state index in [0.29, 0.717) is 0 Å². The van der Waals surface area contributed by atoms with Gasteiger partial charge >= 0.3 is 6.18 Å². The molecule has 21 heavy (non-hydrogen) atoms. The molecule has 1 aromatic carbocycles. The van der Waals surface area contributed by atoms with Gasteiger partial charge in [-0.2, -0.15) is 13.2 Å². The van der Waals surface area contributed by atoms with Crippen LogP contribution in [0.25, 0.3) is 0 Å². The van der Waals surface area contributed by atoms with Crippen LogP contribution in [0, 0.1) is 6.92 Å². The Morgan fingerprint density at radius 3 is 2.43 bits per heavy atom. The molecule has 0 unspecified atom stereocenters. The van der Waals surface area contributed by atoms with Gasteiger partial charge in [-0.25, -0.2) is 4.98 Å². The van der Waals surface area contributed by atoms with E-state index in [1.165, 1.54) is 0 Å². The van der Waals surface area contributed by atoms with Gasteiger partial charge in [0.1, 0.15) is 10.8 Å². The van der Waals surface area contributed by atoms with Crippen LogP contribution in [-0.2, 0) is 12.6 Å². The maximum absolute atomic E-state index is 12.5. The first-order valence-corrected chi connectivity index (χ1v) is 6.48. The van der Waals surface area contributed by atoms with Gasteiger partial charge in [0.2, 0.25) is 0 Å². The van der Waals surface area contributed by atoms with Crippen molar-refractivity contribution in [3.63, 3.8) is 0 Å². The Kier molecular flexibility index (Phi) is 4.32. The van der Waals surface area contributed by atoms with Crippen LogP contribution >= 0.6 is 11.6 Å². The van der Waals surface area contributed by atoms with E-state index in [1.807, 2.05) is 19.1 Å². The van der Waals surface area contributed by atoms with Gasteiger partial charge in [0.25, 0.3) is 0 Å². The molecule has 1 heterocycles. The third-order valence-electron chi connectivity index (χ3n) is 3.05. The molecule has 0 fully saturated rings. The maximum Gasteiger partial charge on any atom is 0.433 e. The molecule has 0 atom stereocenters. The highest BCUT2D eigenvalue weighted by Gasteiger charge is 2.33. The first kappa shape index (κ1) is 15.5. The van der Waals surface area contributed by atoms with Gasteiger partial charge in [0, 0.05) is 6.42 Å². The van der Waals surface area contributed by atoms with Gasteiger partial charge < -0.3 is 0 Å². The lowest BCUT2D eigenvalue weighted by molar-refractivity contribution is -0.141. The molecule has 2 rings (SSSR count). The van der Waals surface area contributed by atoms with Crippen molar-refractivity contribution in [1.82, 2.24) is 4.98 Å². The van der Waals surface area contributed by atoms with E-state index >= 15 is 0 Å². The van der Waals surface area contributed by atoms with Crippen LogP contribution in [0.5, 0.6) is 0 Å². The van der Waals surface area contributed by atoms with E-state index < -0.39 is 17.0 Å². The van der Waals surface area contributed by atoms with Crippen LogP contribution in [0.3, 0.4) is 0 Å². The number of ketones is 1. The lowest BCUT2D eigenvalue weighted by Gasteiger charge is -2.09. The average molecular weight is 314 g/mol. The van der Waals surface area contributed by atoms with Gasteiger partial charge in [-0.3, -0.25) is 4.79 Å². The Morgan fingerprint density at radius 2 is 1.86 bits per heavy atom. The summed E-state index contributed by atoms with van der Waals surface area (Å²) in [5, 5.41) is -0.427. The van der Waals surface area contributed by atoms with E-state index in [0.717, 1.165) is 23.3 Å². The minimum absolute atomic E-state index is 0.00656. The number of aromatic nitrogens is 1. The molecule has 2 aromatic rings. The summed E-state index contributed by atoms with van der Waals surface area (Å²) in [6.07, 6.45) is -4.51. The molecular weight excluding hydrogens is 303 g/mol. The Bertz CT molecular complexity index is 683. The number of pyridine rings is 1. The summed E-state index contributed by atoms with van der Waals surface area (Å²) in [6, 6.07) is 9.11. The number of benzene rings is 1. The second-order valence-corrected chi connectivity index (χ2v) is 4.92. The average Bonchev–Trinajstić information content (AvgIpc) is 2.40. The van der Waals surface area contributed by atoms with E-state index in [-0.39, 0.29) is 17.8 Å². The van der Waals surface area contributed by atoms with Crippen molar-refractivity contribution in [3.8, 4) is 0 Å². The molecule has 6 heteroatoms. The fraction of sp³-hybridized carbons (Fsp3) is 0.200. The molecule has 0 spiro atoms. The molecule has 110 valence electrons. The van der Waals surface area contributed by atoms with Crippen molar-refractivity contribution < 1.29 is 18.0 Å². The fourth-order valence-corrected chi connectivity index (χ4v) is 2.14. The number of aryl methyl sites for hydroxylation is 1. The number of hydrogen-bond acceptors (Lipinski definition) is 2. The highest BCUT2D eigenvalue weighted by Crippen LogP contribution is 2.29. The van der Waals surface area contributed by atoms with E-state index in [9.17, 15) is 18.0 Å². The highest BCUT2D eigenvalue weighted by atomic mass is 35.5. The molecule has 1 aromatic heterocycles. The number of carbonyl (C=O) groups is 1. The lowest BCUT2D eigenvalue weighted by atomic mass is 10.0. The van der Waals surface area contributed by atoms with Crippen LogP contribution in [0.2, 0.25) is 5.15 Å². The molecular formula is C15H11ClF3NO. The van der Waals surface area contributed by atoms with Gasteiger partial charge in [0.05, 0.1) is 5.56 Å². The summed E-state index contributed by atoms with van der Waals surface area (Å²) in [6.45, 7) is 1.86. The minimum atomic E-state index is -4.58. The summed E-state index contributed by atoms with van der Waals surface area (Å²) in [7, 11) is 0. The third-order valence-corrected chi connectivity index (χ3v) is 3.34. The summed E-state index contributed by atoms with van der Waals surface area (Å²) in [5.74, 6) is -0.365. The van der Waals surface area contributed by atoms with Crippen molar-refractivity contribution in [2.45, 2.75) is 19.5 Å². The first-order chi connectivity index (χ1) is 9.79. The molecule has 0 aliphatic carbocycles. The Balaban J connectivity index is 2.26. The number of halogens is 4. The normalized spacial score (nSPS) is 11.5. The number of nitrogens with zero attached hydrogens (tertiary/aromatic N) is 1. The Morgan fingerprint density at radius 1 is 1.19 bits per heavy atom. The van der Waals surface area contributed by atoms with Crippen LogP contribution in [-0.4, -0.2) is 10.8 Å². The second-order valence-electron chi connectivity index (χ2n) is 4.56. The van der Waals surface area contributed by atoms with E-state index in [1.54, 1.807) is 12.1 Å². The van der Waals surface area contributed by atoms with Crippen LogP contribution in [0.15, 0.2) is 36.4 Å². The van der Waals surface area contributed by atoms with E-state index in [4.69, 9.17) is 11.6 Å².